The van der Waals surface area contributed by atoms with E-state index in [4.69, 9.17) is 14.3 Å². The molecule has 0 saturated heterocycles. The maximum absolute atomic E-state index is 11.8. The van der Waals surface area contributed by atoms with Gasteiger partial charge in [-0.15, -0.1) is 0 Å². The molecule has 0 aliphatic heterocycles. The first-order chi connectivity index (χ1) is 12.9. The number of aromatic nitrogens is 1. The molecular formula is C19H29N3O4S. The Bertz CT molecular complexity index is 718. The summed E-state index contributed by atoms with van der Waals surface area (Å²) in [6, 6.07) is 5.45. The molecule has 0 saturated carbocycles. The molecule has 0 radical (unpaired) electrons. The van der Waals surface area contributed by atoms with Gasteiger partial charge in [-0.1, -0.05) is 20.8 Å². The van der Waals surface area contributed by atoms with Gasteiger partial charge in [-0.3, -0.25) is 9.93 Å². The molecule has 0 spiro atoms. The lowest BCUT2D eigenvalue weighted by Gasteiger charge is -2.10. The lowest BCUT2D eigenvalue weighted by Crippen LogP contribution is -2.12. The van der Waals surface area contributed by atoms with Crippen LogP contribution in [0.25, 0.3) is 11.3 Å². The van der Waals surface area contributed by atoms with Crippen LogP contribution < -0.4 is 15.2 Å². The molecule has 1 heterocycles. The largest absolute Gasteiger partial charge is 0.496 e. The van der Waals surface area contributed by atoms with E-state index in [-0.39, 0.29) is 5.91 Å². The highest BCUT2D eigenvalue weighted by Gasteiger charge is 2.11. The SMILES string of the molecule is CCCS(N)=O.COc1cc(NC(=O)CCC(C)C)ccc1-c1cnco1. The maximum atomic E-state index is 11.8. The molecule has 1 unspecified atom stereocenters. The molecule has 150 valence electrons. The van der Waals surface area contributed by atoms with Crippen molar-refractivity contribution < 1.29 is 18.2 Å². The molecule has 0 aliphatic carbocycles. The number of anilines is 1. The number of oxazole rings is 1. The van der Waals surface area contributed by atoms with E-state index in [1.165, 1.54) is 6.39 Å². The van der Waals surface area contributed by atoms with E-state index < -0.39 is 11.0 Å². The van der Waals surface area contributed by atoms with E-state index >= 15 is 0 Å². The van der Waals surface area contributed by atoms with Crippen molar-refractivity contribution in [3.05, 3.63) is 30.8 Å². The molecule has 7 nitrogen and oxygen atoms in total. The summed E-state index contributed by atoms with van der Waals surface area (Å²) in [4.78, 5) is 15.7. The summed E-state index contributed by atoms with van der Waals surface area (Å²) in [5.74, 6) is 2.41. The molecule has 8 heteroatoms. The van der Waals surface area contributed by atoms with E-state index in [0.29, 0.717) is 35.3 Å². The number of rotatable bonds is 8. The fourth-order valence-electron chi connectivity index (χ4n) is 2.17. The smallest absolute Gasteiger partial charge is 0.224 e. The van der Waals surface area contributed by atoms with Crippen molar-refractivity contribution >= 4 is 22.6 Å². The Morgan fingerprint density at radius 3 is 2.63 bits per heavy atom. The molecular weight excluding hydrogens is 366 g/mol. The van der Waals surface area contributed by atoms with Crippen LogP contribution in [0.5, 0.6) is 5.75 Å². The average molecular weight is 396 g/mol. The van der Waals surface area contributed by atoms with Crippen LogP contribution in [0.15, 0.2) is 35.2 Å². The fourth-order valence-corrected chi connectivity index (χ4v) is 2.57. The van der Waals surface area contributed by atoms with E-state index in [9.17, 15) is 9.00 Å². The summed E-state index contributed by atoms with van der Waals surface area (Å²) < 4.78 is 20.6. The molecule has 2 aromatic rings. The zero-order valence-electron chi connectivity index (χ0n) is 16.4. The number of nitrogens with two attached hydrogens (primary N) is 1. The molecule has 0 fully saturated rings. The second kappa shape index (κ2) is 12.2. The molecule has 3 N–H and O–H groups in total. The summed E-state index contributed by atoms with van der Waals surface area (Å²) in [6.45, 7) is 6.15. The lowest BCUT2D eigenvalue weighted by atomic mass is 10.1. The van der Waals surface area contributed by atoms with Gasteiger partial charge in [0.25, 0.3) is 0 Å². The highest BCUT2D eigenvalue weighted by molar-refractivity contribution is 7.82. The number of carbonyl (C=O) groups is 1. The lowest BCUT2D eigenvalue weighted by molar-refractivity contribution is -0.116. The van der Waals surface area contributed by atoms with Crippen LogP contribution in [0.4, 0.5) is 5.69 Å². The molecule has 2 rings (SSSR count). The summed E-state index contributed by atoms with van der Waals surface area (Å²) >= 11 is 0. The maximum Gasteiger partial charge on any atom is 0.224 e. The Morgan fingerprint density at radius 2 is 2.15 bits per heavy atom. The third-order valence-corrected chi connectivity index (χ3v) is 4.35. The zero-order valence-corrected chi connectivity index (χ0v) is 17.2. The molecule has 1 atom stereocenters. The third kappa shape index (κ3) is 8.83. The van der Waals surface area contributed by atoms with Crippen molar-refractivity contribution in [3.63, 3.8) is 0 Å². The molecule has 1 amide bonds. The van der Waals surface area contributed by atoms with Crippen LogP contribution in [-0.2, 0) is 15.8 Å². The minimum absolute atomic E-state index is 0.0122. The number of amides is 1. The van der Waals surface area contributed by atoms with Gasteiger partial charge in [-0.25, -0.2) is 9.19 Å². The van der Waals surface area contributed by atoms with Crippen LogP contribution in [0.1, 0.15) is 40.0 Å². The van der Waals surface area contributed by atoms with Crippen LogP contribution in [0.2, 0.25) is 0 Å². The number of ether oxygens (including phenoxy) is 1. The van der Waals surface area contributed by atoms with Crippen LogP contribution in [-0.4, -0.2) is 28.0 Å². The number of nitrogens with one attached hydrogen (secondary N) is 1. The van der Waals surface area contributed by atoms with E-state index in [0.717, 1.165) is 18.4 Å². The highest BCUT2D eigenvalue weighted by Crippen LogP contribution is 2.32. The van der Waals surface area contributed by atoms with E-state index in [2.05, 4.69) is 24.1 Å². The van der Waals surface area contributed by atoms with Crippen molar-refractivity contribution in [3.8, 4) is 17.1 Å². The number of hydrogen-bond acceptors (Lipinski definition) is 5. The Balaban J connectivity index is 0.000000527. The first-order valence-electron chi connectivity index (χ1n) is 8.86. The van der Waals surface area contributed by atoms with Crippen molar-refractivity contribution in [2.45, 2.75) is 40.0 Å². The number of benzene rings is 1. The fraction of sp³-hybridized carbons (Fsp3) is 0.474. The van der Waals surface area contributed by atoms with Crippen LogP contribution in [0, 0.1) is 5.92 Å². The second-order valence-electron chi connectivity index (χ2n) is 6.35. The van der Waals surface area contributed by atoms with Gasteiger partial charge in [-0.2, -0.15) is 0 Å². The summed E-state index contributed by atoms with van der Waals surface area (Å²) in [5.41, 5.74) is 1.51. The minimum atomic E-state index is -1.07. The summed E-state index contributed by atoms with van der Waals surface area (Å²) in [6.07, 6.45) is 5.29. The Labute approximate surface area is 163 Å². The molecule has 0 bridgehead atoms. The van der Waals surface area contributed by atoms with Gasteiger partial charge in [0.05, 0.1) is 29.9 Å². The number of carbonyl (C=O) groups excluding carboxylic acids is 1. The molecule has 1 aromatic carbocycles. The van der Waals surface area contributed by atoms with E-state index in [1.54, 1.807) is 19.4 Å². The van der Waals surface area contributed by atoms with Crippen molar-refractivity contribution in [2.24, 2.45) is 11.1 Å². The first kappa shape index (κ1) is 22.9. The van der Waals surface area contributed by atoms with Crippen LogP contribution in [0.3, 0.4) is 0 Å². The normalized spacial score (nSPS) is 11.5. The Kier molecular flexibility index (Phi) is 10.4. The van der Waals surface area contributed by atoms with Gasteiger partial charge in [-0.05, 0) is 30.9 Å². The quantitative estimate of drug-likeness (QED) is 0.708. The zero-order chi connectivity index (χ0) is 20.2. The van der Waals surface area contributed by atoms with Gasteiger partial charge >= 0.3 is 0 Å². The van der Waals surface area contributed by atoms with Gasteiger partial charge in [0, 0.05) is 23.9 Å². The first-order valence-corrected chi connectivity index (χ1v) is 10.2. The Morgan fingerprint density at radius 1 is 1.41 bits per heavy atom. The monoisotopic (exact) mass is 395 g/mol. The predicted octanol–water partition coefficient (Wildman–Crippen LogP) is 3.74. The molecule has 0 aliphatic rings. The van der Waals surface area contributed by atoms with Gasteiger partial charge in [0.1, 0.15) is 5.75 Å². The van der Waals surface area contributed by atoms with Gasteiger partial charge in [0.2, 0.25) is 5.91 Å². The van der Waals surface area contributed by atoms with Crippen molar-refractivity contribution in [2.75, 3.05) is 18.2 Å². The molecule has 27 heavy (non-hydrogen) atoms. The summed E-state index contributed by atoms with van der Waals surface area (Å²) in [5, 5.41) is 7.75. The number of nitrogens with zero attached hydrogens (tertiary/aromatic N) is 1. The minimum Gasteiger partial charge on any atom is -0.496 e. The van der Waals surface area contributed by atoms with Crippen molar-refractivity contribution in [1.29, 1.82) is 0 Å². The van der Waals surface area contributed by atoms with Gasteiger partial charge in [0.15, 0.2) is 12.2 Å². The van der Waals surface area contributed by atoms with Crippen LogP contribution >= 0.6 is 0 Å². The standard InChI is InChI=1S/C16H20N2O3.C3H9NOS/c1-11(2)4-7-16(19)18-12-5-6-13(14(8-12)20-3)15-9-17-10-21-15;1-2-3-6(4)5/h5-6,8-11H,4,7H2,1-3H3,(H,18,19);2-4H2,1H3. The molecule has 1 aromatic heterocycles. The number of methoxy groups -OCH3 is 1. The highest BCUT2D eigenvalue weighted by atomic mass is 32.2. The Hall–Kier alpha value is -2.19. The van der Waals surface area contributed by atoms with Gasteiger partial charge < -0.3 is 14.5 Å². The predicted molar refractivity (Wildman–Crippen MR) is 109 cm³/mol. The third-order valence-electron chi connectivity index (χ3n) is 3.54. The average Bonchev–Trinajstić information content (AvgIpc) is 3.14. The second-order valence-corrected chi connectivity index (χ2v) is 7.52. The van der Waals surface area contributed by atoms with E-state index in [1.807, 2.05) is 19.1 Å². The summed E-state index contributed by atoms with van der Waals surface area (Å²) in [7, 11) is 0.517. The number of hydrogen-bond donors (Lipinski definition) is 2. The topological polar surface area (TPSA) is 107 Å². The van der Waals surface area contributed by atoms with Crippen molar-refractivity contribution in [1.82, 2.24) is 4.98 Å².